The highest BCUT2D eigenvalue weighted by Gasteiger charge is 2.34. The summed E-state index contributed by atoms with van der Waals surface area (Å²) in [5.74, 6) is -2.28. The Balaban J connectivity index is 2.51. The zero-order chi connectivity index (χ0) is 14.2. The molecule has 0 unspecified atom stereocenters. The summed E-state index contributed by atoms with van der Waals surface area (Å²) in [7, 11) is -4.12. The fourth-order valence-corrected chi connectivity index (χ4v) is 3.64. The molecule has 1 aliphatic rings. The fraction of sp³-hybridized carbons (Fsp3) is 0.364. The predicted molar refractivity (Wildman–Crippen MR) is 62.7 cm³/mol. The first-order valence-corrected chi connectivity index (χ1v) is 6.97. The molecule has 0 radical (unpaired) electrons. The first-order valence-electron chi connectivity index (χ1n) is 5.53. The molecule has 0 bridgehead atoms. The number of nitrogens with zero attached hydrogens (tertiary/aromatic N) is 1. The number of halogens is 1. The number of β-amino-alcohol motifs (C(OH)–C–C–N with tert-alkyl or cyclic N) is 1. The van der Waals surface area contributed by atoms with Gasteiger partial charge in [-0.3, -0.25) is 0 Å². The summed E-state index contributed by atoms with van der Waals surface area (Å²) in [5.41, 5.74) is -0.484. The van der Waals surface area contributed by atoms with E-state index in [9.17, 15) is 22.7 Å². The Morgan fingerprint density at radius 2 is 2.11 bits per heavy atom. The summed E-state index contributed by atoms with van der Waals surface area (Å²) < 4.78 is 38.6. The van der Waals surface area contributed by atoms with Crippen LogP contribution in [0.25, 0.3) is 0 Å². The third kappa shape index (κ3) is 2.60. The Morgan fingerprint density at radius 1 is 1.42 bits per heavy atom. The Kier molecular flexibility index (Phi) is 3.57. The van der Waals surface area contributed by atoms with Crippen LogP contribution in [-0.2, 0) is 10.0 Å². The zero-order valence-corrected chi connectivity index (χ0v) is 10.6. The van der Waals surface area contributed by atoms with E-state index >= 15 is 0 Å². The number of hydrogen-bond donors (Lipinski definition) is 2. The molecule has 1 fully saturated rings. The van der Waals surface area contributed by atoms with Crippen molar-refractivity contribution < 1.29 is 27.8 Å². The van der Waals surface area contributed by atoms with Gasteiger partial charge in [-0.15, -0.1) is 0 Å². The number of carbonyl (C=O) groups is 1. The lowest BCUT2D eigenvalue weighted by Gasteiger charge is -2.17. The molecule has 1 heterocycles. The molecule has 0 aliphatic carbocycles. The van der Waals surface area contributed by atoms with E-state index in [2.05, 4.69) is 0 Å². The van der Waals surface area contributed by atoms with Crippen molar-refractivity contribution in [3.8, 4) is 0 Å². The van der Waals surface area contributed by atoms with Crippen molar-refractivity contribution in [2.75, 3.05) is 13.1 Å². The second-order valence-corrected chi connectivity index (χ2v) is 6.16. The van der Waals surface area contributed by atoms with Gasteiger partial charge in [0.05, 0.1) is 16.6 Å². The lowest BCUT2D eigenvalue weighted by Crippen LogP contribution is -2.31. The topological polar surface area (TPSA) is 94.9 Å². The van der Waals surface area contributed by atoms with Crippen LogP contribution in [0.3, 0.4) is 0 Å². The summed E-state index contributed by atoms with van der Waals surface area (Å²) >= 11 is 0. The maximum Gasteiger partial charge on any atom is 0.337 e. The number of benzene rings is 1. The molecule has 19 heavy (non-hydrogen) atoms. The largest absolute Gasteiger partial charge is 0.478 e. The second-order valence-electron chi connectivity index (χ2n) is 4.25. The van der Waals surface area contributed by atoms with Gasteiger partial charge in [0.2, 0.25) is 10.0 Å². The number of hydrogen-bond acceptors (Lipinski definition) is 4. The van der Waals surface area contributed by atoms with Gasteiger partial charge in [0, 0.05) is 13.1 Å². The minimum absolute atomic E-state index is 0.0824. The third-order valence-electron chi connectivity index (χ3n) is 2.92. The Morgan fingerprint density at radius 3 is 2.63 bits per heavy atom. The van der Waals surface area contributed by atoms with Crippen molar-refractivity contribution in [1.82, 2.24) is 4.31 Å². The molecular formula is C11H12FNO5S. The summed E-state index contributed by atoms with van der Waals surface area (Å²) in [6, 6.07) is 2.49. The van der Waals surface area contributed by atoms with Crippen LogP contribution in [0.2, 0.25) is 0 Å². The van der Waals surface area contributed by atoms with Crippen LogP contribution in [0.15, 0.2) is 23.1 Å². The molecule has 1 aromatic carbocycles. The second kappa shape index (κ2) is 4.87. The van der Waals surface area contributed by atoms with Crippen LogP contribution in [0.4, 0.5) is 4.39 Å². The van der Waals surface area contributed by atoms with E-state index in [4.69, 9.17) is 5.11 Å². The highest BCUT2D eigenvalue weighted by atomic mass is 32.2. The van der Waals surface area contributed by atoms with Crippen molar-refractivity contribution in [3.05, 3.63) is 29.6 Å². The van der Waals surface area contributed by atoms with Crippen molar-refractivity contribution in [3.63, 3.8) is 0 Å². The number of sulfonamides is 1. The SMILES string of the molecule is O=C(O)c1ccc(F)cc1S(=O)(=O)N1CC[C@H](O)C1. The van der Waals surface area contributed by atoms with E-state index in [1.165, 1.54) is 0 Å². The van der Waals surface area contributed by atoms with Gasteiger partial charge >= 0.3 is 5.97 Å². The molecular weight excluding hydrogens is 277 g/mol. The third-order valence-corrected chi connectivity index (χ3v) is 4.82. The van der Waals surface area contributed by atoms with E-state index in [0.717, 1.165) is 16.4 Å². The minimum Gasteiger partial charge on any atom is -0.478 e. The average molecular weight is 289 g/mol. The van der Waals surface area contributed by atoms with Gasteiger partial charge in [0.15, 0.2) is 0 Å². The Labute approximate surface area is 109 Å². The monoisotopic (exact) mass is 289 g/mol. The number of carboxylic acids is 1. The number of aromatic carboxylic acids is 1. The first-order chi connectivity index (χ1) is 8.82. The van der Waals surface area contributed by atoms with Crippen molar-refractivity contribution >= 4 is 16.0 Å². The van der Waals surface area contributed by atoms with Crippen LogP contribution >= 0.6 is 0 Å². The average Bonchev–Trinajstić information content (AvgIpc) is 2.76. The summed E-state index contributed by atoms with van der Waals surface area (Å²) in [6.07, 6.45) is -0.506. The number of rotatable bonds is 3. The van der Waals surface area contributed by atoms with Gasteiger partial charge in [-0.25, -0.2) is 17.6 Å². The predicted octanol–water partition coefficient (Wildman–Crippen LogP) is 0.279. The molecule has 1 aliphatic heterocycles. The van der Waals surface area contributed by atoms with Crippen molar-refractivity contribution in [1.29, 1.82) is 0 Å². The Hall–Kier alpha value is -1.51. The van der Waals surface area contributed by atoms with Gasteiger partial charge < -0.3 is 10.2 Å². The molecule has 8 heteroatoms. The molecule has 0 amide bonds. The van der Waals surface area contributed by atoms with E-state index in [1.807, 2.05) is 0 Å². The van der Waals surface area contributed by atoms with Gasteiger partial charge in [0.1, 0.15) is 5.82 Å². The number of aliphatic hydroxyl groups excluding tert-OH is 1. The zero-order valence-electron chi connectivity index (χ0n) is 9.78. The molecule has 6 nitrogen and oxygen atoms in total. The summed E-state index contributed by atoms with van der Waals surface area (Å²) in [4.78, 5) is 10.4. The molecule has 104 valence electrons. The van der Waals surface area contributed by atoms with E-state index in [1.54, 1.807) is 0 Å². The van der Waals surface area contributed by atoms with E-state index < -0.39 is 38.4 Å². The van der Waals surface area contributed by atoms with Crippen LogP contribution < -0.4 is 0 Å². The van der Waals surface area contributed by atoms with Crippen molar-refractivity contribution in [2.24, 2.45) is 0 Å². The molecule has 0 saturated carbocycles. The highest BCUT2D eigenvalue weighted by molar-refractivity contribution is 7.89. The van der Waals surface area contributed by atoms with Crippen LogP contribution in [0.1, 0.15) is 16.8 Å². The van der Waals surface area contributed by atoms with Crippen molar-refractivity contribution in [2.45, 2.75) is 17.4 Å². The molecule has 2 N–H and O–H groups in total. The van der Waals surface area contributed by atoms with Gasteiger partial charge in [-0.1, -0.05) is 0 Å². The summed E-state index contributed by atoms with van der Waals surface area (Å²) in [5, 5.41) is 18.3. The minimum atomic E-state index is -4.12. The smallest absolute Gasteiger partial charge is 0.337 e. The lowest BCUT2D eigenvalue weighted by atomic mass is 10.2. The van der Waals surface area contributed by atoms with Crippen LogP contribution in [0.5, 0.6) is 0 Å². The standard InChI is InChI=1S/C11H12FNO5S/c12-7-1-2-9(11(15)16)10(5-7)19(17,18)13-4-3-8(14)6-13/h1-2,5,8,14H,3-4,6H2,(H,15,16)/t8-/m0/s1. The normalized spacial score (nSPS) is 20.6. The van der Waals surface area contributed by atoms with Crippen LogP contribution in [0, 0.1) is 5.82 Å². The number of carboxylic acid groups (broad SMARTS) is 1. The molecule has 1 atom stereocenters. The van der Waals surface area contributed by atoms with Crippen LogP contribution in [-0.4, -0.2) is 48.1 Å². The fourth-order valence-electron chi connectivity index (χ4n) is 1.95. The molecule has 0 aromatic heterocycles. The molecule has 2 rings (SSSR count). The quantitative estimate of drug-likeness (QED) is 0.833. The maximum atomic E-state index is 13.2. The molecule has 1 saturated heterocycles. The van der Waals surface area contributed by atoms with Gasteiger partial charge in [-0.2, -0.15) is 4.31 Å². The summed E-state index contributed by atoms with van der Waals surface area (Å²) in [6.45, 7) is -0.0308. The Bertz CT molecular complexity index is 616. The highest BCUT2D eigenvalue weighted by Crippen LogP contribution is 2.25. The number of aliphatic hydroxyl groups is 1. The van der Waals surface area contributed by atoms with Gasteiger partial charge in [0.25, 0.3) is 0 Å². The molecule has 1 aromatic rings. The van der Waals surface area contributed by atoms with E-state index in [0.29, 0.717) is 6.07 Å². The van der Waals surface area contributed by atoms with E-state index in [-0.39, 0.29) is 19.5 Å². The van der Waals surface area contributed by atoms with Gasteiger partial charge in [-0.05, 0) is 24.6 Å². The maximum absolute atomic E-state index is 13.2. The first kappa shape index (κ1) is 13.9. The lowest BCUT2D eigenvalue weighted by molar-refractivity contribution is 0.0692. The molecule has 0 spiro atoms.